The SMILES string of the molecule is CO[C@@H]1CNC[C@@H]1NC(=O)OC(C)(C)C.CO[C@H]1CNC[C@H]1NC(=O)OC(C)(C)C. The van der Waals surface area contributed by atoms with Gasteiger partial charge in [0.05, 0.1) is 24.3 Å². The average molecular weight is 433 g/mol. The minimum absolute atomic E-state index is 0.00940. The first-order valence-electron chi connectivity index (χ1n) is 10.3. The number of rotatable bonds is 4. The molecule has 10 nitrogen and oxygen atoms in total. The van der Waals surface area contributed by atoms with Crippen molar-refractivity contribution < 1.29 is 28.5 Å². The molecule has 0 radical (unpaired) electrons. The Labute approximate surface area is 180 Å². The van der Waals surface area contributed by atoms with E-state index in [-0.39, 0.29) is 24.3 Å². The Hall–Kier alpha value is -1.62. The third-order valence-corrected chi connectivity index (χ3v) is 4.33. The maximum absolute atomic E-state index is 11.5. The van der Waals surface area contributed by atoms with Crippen molar-refractivity contribution in [1.82, 2.24) is 21.3 Å². The smallest absolute Gasteiger partial charge is 0.408 e. The first kappa shape index (κ1) is 26.4. The van der Waals surface area contributed by atoms with E-state index in [1.807, 2.05) is 41.5 Å². The zero-order valence-electron chi connectivity index (χ0n) is 19.6. The molecule has 2 heterocycles. The Morgan fingerprint density at radius 3 is 1.30 bits per heavy atom. The van der Waals surface area contributed by atoms with Crippen molar-refractivity contribution in [3.05, 3.63) is 0 Å². The molecule has 2 rings (SSSR count). The van der Waals surface area contributed by atoms with Gasteiger partial charge in [0, 0.05) is 40.4 Å². The van der Waals surface area contributed by atoms with Gasteiger partial charge in [0.25, 0.3) is 0 Å². The van der Waals surface area contributed by atoms with Crippen LogP contribution >= 0.6 is 0 Å². The van der Waals surface area contributed by atoms with E-state index in [1.165, 1.54) is 0 Å². The minimum Gasteiger partial charge on any atom is -0.444 e. The van der Waals surface area contributed by atoms with Gasteiger partial charge in [0.1, 0.15) is 11.2 Å². The van der Waals surface area contributed by atoms with E-state index in [2.05, 4.69) is 21.3 Å². The van der Waals surface area contributed by atoms with E-state index in [9.17, 15) is 9.59 Å². The second-order valence-electron chi connectivity index (χ2n) is 9.37. The van der Waals surface area contributed by atoms with Crippen molar-refractivity contribution in [2.45, 2.75) is 77.0 Å². The number of nitrogens with one attached hydrogen (secondary N) is 4. The molecule has 30 heavy (non-hydrogen) atoms. The molecular weight excluding hydrogens is 392 g/mol. The van der Waals surface area contributed by atoms with Gasteiger partial charge in [-0.05, 0) is 41.5 Å². The third-order valence-electron chi connectivity index (χ3n) is 4.33. The summed E-state index contributed by atoms with van der Waals surface area (Å²) in [4.78, 5) is 22.9. The van der Waals surface area contributed by atoms with Crippen LogP contribution in [0, 0.1) is 0 Å². The Bertz CT molecular complexity index is 498. The van der Waals surface area contributed by atoms with Gasteiger partial charge >= 0.3 is 12.2 Å². The molecule has 4 atom stereocenters. The molecule has 2 amide bonds. The predicted octanol–water partition coefficient (Wildman–Crippen LogP) is 0.996. The maximum Gasteiger partial charge on any atom is 0.408 e. The van der Waals surface area contributed by atoms with Gasteiger partial charge in [-0.1, -0.05) is 0 Å². The van der Waals surface area contributed by atoms with Crippen molar-refractivity contribution in [3.8, 4) is 0 Å². The van der Waals surface area contributed by atoms with E-state index in [0.29, 0.717) is 0 Å². The molecule has 0 spiro atoms. The molecule has 2 aliphatic rings. The van der Waals surface area contributed by atoms with Crippen LogP contribution in [-0.4, -0.2) is 88.1 Å². The van der Waals surface area contributed by atoms with Crippen molar-refractivity contribution in [2.75, 3.05) is 40.4 Å². The van der Waals surface area contributed by atoms with Gasteiger partial charge in [-0.2, -0.15) is 0 Å². The average Bonchev–Trinajstić information content (AvgIpc) is 3.20. The van der Waals surface area contributed by atoms with Gasteiger partial charge in [-0.15, -0.1) is 0 Å². The maximum atomic E-state index is 11.5. The van der Waals surface area contributed by atoms with Gasteiger partial charge in [0.2, 0.25) is 0 Å². The van der Waals surface area contributed by atoms with E-state index in [0.717, 1.165) is 26.2 Å². The number of carbonyl (C=O) groups excluding carboxylic acids is 2. The zero-order valence-corrected chi connectivity index (χ0v) is 19.6. The van der Waals surface area contributed by atoms with Crippen molar-refractivity contribution >= 4 is 12.2 Å². The van der Waals surface area contributed by atoms with E-state index < -0.39 is 23.4 Å². The molecule has 10 heteroatoms. The van der Waals surface area contributed by atoms with Crippen LogP contribution in [0.15, 0.2) is 0 Å². The summed E-state index contributed by atoms with van der Waals surface area (Å²) in [6.45, 7) is 14.0. The predicted molar refractivity (Wildman–Crippen MR) is 114 cm³/mol. The van der Waals surface area contributed by atoms with Crippen LogP contribution in [0.25, 0.3) is 0 Å². The standard InChI is InChI=1S/2C10H20N2O3/c2*1-10(2,3)15-9(13)12-7-5-11-6-8(7)14-4/h2*7-8,11H,5-6H2,1-4H3,(H,12,13)/t2*7-,8+/m10/s1. The Morgan fingerprint density at radius 2 is 1.03 bits per heavy atom. The Balaban J connectivity index is 0.000000300. The molecule has 2 saturated heterocycles. The first-order valence-corrected chi connectivity index (χ1v) is 10.3. The zero-order chi connectivity index (χ0) is 22.9. The summed E-state index contributed by atoms with van der Waals surface area (Å²) in [7, 11) is 3.28. The largest absolute Gasteiger partial charge is 0.444 e. The number of ether oxygens (including phenoxy) is 4. The monoisotopic (exact) mass is 432 g/mol. The molecule has 0 saturated carbocycles. The molecule has 0 aromatic rings. The Kier molecular flexibility index (Phi) is 10.3. The lowest BCUT2D eigenvalue weighted by Crippen LogP contribution is -2.45. The van der Waals surface area contributed by atoms with Gasteiger partial charge < -0.3 is 40.2 Å². The van der Waals surface area contributed by atoms with Crippen LogP contribution in [-0.2, 0) is 18.9 Å². The lowest BCUT2D eigenvalue weighted by Gasteiger charge is -2.23. The summed E-state index contributed by atoms with van der Waals surface area (Å²) in [6.07, 6.45) is -0.730. The van der Waals surface area contributed by atoms with Crippen LogP contribution in [0.5, 0.6) is 0 Å². The molecule has 0 aliphatic carbocycles. The van der Waals surface area contributed by atoms with Crippen LogP contribution < -0.4 is 21.3 Å². The molecule has 0 aromatic carbocycles. The van der Waals surface area contributed by atoms with Crippen molar-refractivity contribution in [2.24, 2.45) is 0 Å². The van der Waals surface area contributed by atoms with Crippen molar-refractivity contribution in [3.63, 3.8) is 0 Å². The highest BCUT2D eigenvalue weighted by atomic mass is 16.6. The van der Waals surface area contributed by atoms with Gasteiger partial charge in [-0.25, -0.2) is 9.59 Å². The van der Waals surface area contributed by atoms with Crippen LogP contribution in [0.4, 0.5) is 9.59 Å². The molecule has 4 N–H and O–H groups in total. The highest BCUT2D eigenvalue weighted by Gasteiger charge is 2.30. The summed E-state index contributed by atoms with van der Waals surface area (Å²) in [5.41, 5.74) is -0.919. The summed E-state index contributed by atoms with van der Waals surface area (Å²) < 4.78 is 20.8. The van der Waals surface area contributed by atoms with Crippen molar-refractivity contribution in [1.29, 1.82) is 0 Å². The van der Waals surface area contributed by atoms with E-state index >= 15 is 0 Å². The van der Waals surface area contributed by atoms with Crippen LogP contribution in [0.2, 0.25) is 0 Å². The number of hydrogen-bond acceptors (Lipinski definition) is 8. The summed E-state index contributed by atoms with van der Waals surface area (Å²) in [6, 6.07) is -0.0188. The second-order valence-corrected chi connectivity index (χ2v) is 9.37. The molecule has 2 fully saturated rings. The topological polar surface area (TPSA) is 119 Å². The van der Waals surface area contributed by atoms with Gasteiger partial charge in [-0.3, -0.25) is 0 Å². The molecule has 0 bridgehead atoms. The number of methoxy groups -OCH3 is 2. The lowest BCUT2D eigenvalue weighted by atomic mass is 10.2. The van der Waals surface area contributed by atoms with E-state index in [4.69, 9.17) is 18.9 Å². The van der Waals surface area contributed by atoms with Gasteiger partial charge in [0.15, 0.2) is 0 Å². The highest BCUT2D eigenvalue weighted by Crippen LogP contribution is 2.10. The molecule has 176 valence electrons. The number of alkyl carbamates (subject to hydrolysis) is 2. The van der Waals surface area contributed by atoms with E-state index in [1.54, 1.807) is 14.2 Å². The first-order chi connectivity index (χ1) is 13.8. The molecule has 0 aromatic heterocycles. The highest BCUT2D eigenvalue weighted by molar-refractivity contribution is 5.68. The number of carbonyl (C=O) groups is 2. The fourth-order valence-corrected chi connectivity index (χ4v) is 3.01. The molecule has 2 aliphatic heterocycles. The number of hydrogen-bond donors (Lipinski definition) is 4. The summed E-state index contributed by atoms with van der Waals surface area (Å²) in [5.74, 6) is 0. The normalized spacial score (nSPS) is 26.4. The van der Waals surface area contributed by atoms with Crippen LogP contribution in [0.3, 0.4) is 0 Å². The summed E-state index contributed by atoms with van der Waals surface area (Å²) >= 11 is 0. The second kappa shape index (κ2) is 11.7. The lowest BCUT2D eigenvalue weighted by molar-refractivity contribution is 0.0408. The van der Waals surface area contributed by atoms with Crippen LogP contribution in [0.1, 0.15) is 41.5 Å². The third kappa shape index (κ3) is 10.4. The Morgan fingerprint density at radius 1 is 0.700 bits per heavy atom. The number of amides is 2. The quantitative estimate of drug-likeness (QED) is 0.519. The summed E-state index contributed by atoms with van der Waals surface area (Å²) in [5, 5.41) is 11.9. The minimum atomic E-state index is -0.460. The molecular formula is C20H40N4O6. The molecule has 0 unspecified atom stereocenters. The fourth-order valence-electron chi connectivity index (χ4n) is 3.01. The fraction of sp³-hybridized carbons (Fsp3) is 0.900.